The number of rotatable bonds is 36. The summed E-state index contributed by atoms with van der Waals surface area (Å²) in [7, 11) is -13.2. The number of hydrogen-bond donors (Lipinski definition) is 8. The van der Waals surface area contributed by atoms with Crippen LogP contribution in [0.15, 0.2) is 257 Å². The van der Waals surface area contributed by atoms with Crippen LogP contribution in [0.2, 0.25) is 0 Å². The van der Waals surface area contributed by atoms with Gasteiger partial charge in [0.15, 0.2) is 6.10 Å². The first-order valence-electron chi connectivity index (χ1n) is 43.3. The first-order chi connectivity index (χ1) is 67.8. The second-order valence-corrected chi connectivity index (χ2v) is 38.3. The molecule has 10 aromatic rings. The number of nitrogens with two attached hydrogens (primary N) is 3. The zero-order valence-electron chi connectivity index (χ0n) is 78.0. The lowest BCUT2D eigenvalue weighted by Crippen LogP contribution is -2.45. The van der Waals surface area contributed by atoms with Gasteiger partial charge in [-0.1, -0.05) is 146 Å². The van der Waals surface area contributed by atoms with Gasteiger partial charge < -0.3 is 92.9 Å². The number of non-ortho nitro benzene ring substituents is 1. The van der Waals surface area contributed by atoms with Gasteiger partial charge in [0.05, 0.1) is 24.7 Å². The van der Waals surface area contributed by atoms with E-state index >= 15 is 8.78 Å². The van der Waals surface area contributed by atoms with Crippen LogP contribution >= 0.6 is 23.2 Å². The number of aromatic nitrogens is 6. The molecule has 11 N–H and O–H groups in total. The van der Waals surface area contributed by atoms with Gasteiger partial charge in [-0.25, -0.2) is 37.7 Å². The molecule has 0 saturated carbocycles. The average Bonchev–Trinajstić information content (AvgIpc) is 1.60. The summed E-state index contributed by atoms with van der Waals surface area (Å²) in [5.41, 5.74) is 12.9. The molecule has 0 spiro atoms. The molecule has 6 heterocycles. The summed E-state index contributed by atoms with van der Waals surface area (Å²) in [6.07, 6.45) is -18.8. The van der Waals surface area contributed by atoms with Gasteiger partial charge in [0, 0.05) is 30.7 Å². The second-order valence-electron chi connectivity index (χ2n) is 33.3. The molecule has 0 radical (unpaired) electrons. The number of para-hydroxylation sites is 3. The number of nitro groups is 1. The Morgan fingerprint density at radius 2 is 0.715 bits per heavy atom. The molecule has 44 nitrogen and oxygen atoms in total. The zero-order valence-corrected chi connectivity index (χ0v) is 80.7. The molecule has 0 aliphatic carbocycles. The van der Waals surface area contributed by atoms with Gasteiger partial charge >= 0.3 is 88.3 Å². The normalized spacial score (nSPS) is 20.4. The monoisotopic (exact) mass is 2080 g/mol. The van der Waals surface area contributed by atoms with Gasteiger partial charge in [0.1, 0.15) is 108 Å². The fourth-order valence-electron chi connectivity index (χ4n) is 12.8. The third-order valence-electron chi connectivity index (χ3n) is 19.6. The number of nitrogens with zero attached hydrogens (tertiary/aromatic N) is 7. The average molecular weight is 2080 g/mol. The van der Waals surface area contributed by atoms with Crippen molar-refractivity contribution in [3.63, 3.8) is 0 Å². The minimum absolute atomic E-state index is 0.0461. The molecule has 3 aliphatic rings. The van der Waals surface area contributed by atoms with E-state index in [2.05, 4.69) is 35.0 Å². The number of halogens is 6. The van der Waals surface area contributed by atoms with Crippen molar-refractivity contribution in [2.75, 3.05) is 37.0 Å². The lowest BCUT2D eigenvalue weighted by Gasteiger charge is -2.27. The van der Waals surface area contributed by atoms with Crippen molar-refractivity contribution < 1.29 is 154 Å². The number of nitrogens with one attached hydrogen (secondary N) is 3. The number of aliphatic hydroxyl groups is 2. The fourth-order valence-corrected chi connectivity index (χ4v) is 17.4. The third-order valence-corrected chi connectivity index (χ3v) is 24.5. The van der Waals surface area contributed by atoms with E-state index in [1.165, 1.54) is 111 Å². The highest BCUT2D eigenvalue weighted by molar-refractivity contribution is 7.53. The summed E-state index contributed by atoms with van der Waals surface area (Å²) in [4.78, 5) is 119. The smallest absolute Gasteiger partial charge is 0.460 e. The van der Waals surface area contributed by atoms with Gasteiger partial charge in [-0.05, 0) is 146 Å². The maximum atomic E-state index is 15.9. The predicted octanol–water partition coefficient (Wildman–Crippen LogP) is 12.8. The number of ether oxygens (including phenoxy) is 10. The van der Waals surface area contributed by atoms with Crippen molar-refractivity contribution >= 4 is 76.6 Å². The Morgan fingerprint density at radius 1 is 0.438 bits per heavy atom. The number of nitro benzene ring substituents is 1. The minimum Gasteiger partial charge on any atom is -0.460 e. The molecular weight excluding hydrogens is 1980 g/mol. The van der Waals surface area contributed by atoms with Crippen LogP contribution < -0.4 is 67.6 Å². The number of anilines is 3. The van der Waals surface area contributed by atoms with Crippen LogP contribution in [0.5, 0.6) is 23.0 Å². The van der Waals surface area contributed by atoms with Crippen LogP contribution in [-0.4, -0.2) is 178 Å². The van der Waals surface area contributed by atoms with Crippen molar-refractivity contribution in [2.45, 2.75) is 185 Å². The number of carbonyl (C=O) groups excluding carboxylic acids is 5. The van der Waals surface area contributed by atoms with E-state index in [0.29, 0.717) is 19.3 Å². The van der Waals surface area contributed by atoms with E-state index in [4.69, 9.17) is 87.0 Å². The Morgan fingerprint density at radius 3 is 1.03 bits per heavy atom. The molecule has 0 amide bonds. The van der Waals surface area contributed by atoms with Crippen molar-refractivity contribution in [1.82, 2.24) is 43.9 Å². The molecule has 0 unspecified atom stereocenters. The standard InChI is InChI=1S/C30H35F2N4O10P.C25H27F2N4O8P.C22H21N2O7P.C14H19F2N3O6/c1-19(25(37)41-17-20-11-7-5-8-12-20)35-47(40,46-21-13-9-6-10-14-21)42-18-22-24(44-28(39)45-29(2,3)4)30(31,32)26(43-22)36-16-15-23(33)34-27(36)38;1-16(22(33)36-14-17-8-4-2-5-9-17)30-40(35,39-18-10-6-3-7-11-18)37-15-19-21(32)25(26,27)23(38-19)31-13-12-20(28)29-24(31)34;1-17(22(25)29-16-18-8-4-2-5-9-18)23-32(28,30-20-10-6-3-7-11-20)31-21-14-12-19(13-15-21)24(26)27;1-13(2,3)25-12(22)24-9-7(6-20)23-10(14(9,15)16)19-5-4-8(17)18-11(19)21/h5-16,19,22,24,26H,17-18H2,1-4H3,(H,35,40)(H2,33,34,38);2-13,16,19,21,23,32H,14-15H2,1H3,(H,30,35)(H2,28,29,34);2-15,17H,16H2,1H3,(H,23,28);4-5,7,9-10,20H,6H2,1-3H3,(H2,17,18,21)/t19-,22+,24+,26+,47-;16-,19+,21+,23+,40-;17-,32-;7-,9-,10-/m0001/s1. The van der Waals surface area contributed by atoms with Crippen LogP contribution in [0.25, 0.3) is 0 Å². The quantitative estimate of drug-likeness (QED) is 0.00451. The predicted molar refractivity (Wildman–Crippen MR) is 497 cm³/mol. The highest BCUT2D eigenvalue weighted by Crippen LogP contribution is 2.52. The van der Waals surface area contributed by atoms with Gasteiger partial charge in [-0.3, -0.25) is 47.2 Å². The molecule has 13 rings (SSSR count). The molecular formula is C91H102F6N13O31P3. The number of nitrogen functional groups attached to an aromatic ring is 3. The van der Waals surface area contributed by atoms with Crippen LogP contribution in [-0.2, 0) is 104 Å². The molecule has 144 heavy (non-hydrogen) atoms. The Labute approximate surface area is 816 Å². The summed E-state index contributed by atoms with van der Waals surface area (Å²) >= 11 is 0. The highest BCUT2D eigenvalue weighted by Gasteiger charge is 2.65. The van der Waals surface area contributed by atoms with E-state index < -0.39 is 198 Å². The summed E-state index contributed by atoms with van der Waals surface area (Å²) in [6.45, 7) is 10.5. The largest absolute Gasteiger partial charge is 0.513 e. The van der Waals surface area contributed by atoms with E-state index in [1.54, 1.807) is 127 Å². The number of carbonyl (C=O) groups is 5. The van der Waals surface area contributed by atoms with E-state index in [9.17, 15) is 89.9 Å². The molecule has 0 bridgehead atoms. The first-order valence-corrected chi connectivity index (χ1v) is 47.9. The maximum absolute atomic E-state index is 15.9. The van der Waals surface area contributed by atoms with Crippen molar-refractivity contribution in [1.29, 1.82) is 0 Å². The van der Waals surface area contributed by atoms with Crippen LogP contribution in [0, 0.1) is 10.1 Å². The third kappa shape index (κ3) is 32.3. The molecule has 7 aromatic carbocycles. The Kier molecular flexibility index (Phi) is 38.4. The van der Waals surface area contributed by atoms with E-state index in [1.807, 2.05) is 30.3 Å². The summed E-state index contributed by atoms with van der Waals surface area (Å²) in [5, 5.41) is 37.9. The number of esters is 3. The van der Waals surface area contributed by atoms with Gasteiger partial charge in [0.2, 0.25) is 30.9 Å². The number of alkyl halides is 6. The van der Waals surface area contributed by atoms with Crippen LogP contribution in [0.3, 0.4) is 0 Å². The molecule has 3 saturated heterocycles. The van der Waals surface area contributed by atoms with Gasteiger partial charge in [0.25, 0.3) is 5.69 Å². The van der Waals surface area contributed by atoms with Crippen LogP contribution in [0.1, 0.15) is 97.7 Å². The number of hydrogen-bond acceptors (Lipinski definition) is 37. The van der Waals surface area contributed by atoms with E-state index in [-0.39, 0.29) is 66.0 Å². The molecule has 3 fully saturated rings. The SMILES string of the molecule is CC(C)(C)OC(=O)O[C@@H]1[C@@H](CO)O[C@@H](n2ccc(N)nc2=O)C1(F)F.C[C@H](N[P@](=O)(OC[C@H]1O[C@@H](n2ccc(N)nc2=O)C(F)(F)[C@@H]1O)Oc1ccccc1)C(=O)OCc1ccccc1.C[C@H](N[P@](=O)(OC[C@H]1O[C@@H](n2ccc(N)nc2=O)C(F)(F)[C@@H]1OC(=O)OC(C)(C)C)Oc1ccccc1)C(=O)OCc1ccccc1.C[C@H](N[P@](=O)(Oc1ccccc1)Oc1ccc([N+](=O)[O-])cc1)C(=O)OCc1ccccc1. The molecule has 15 atom stereocenters. The molecule has 774 valence electrons. The molecule has 53 heteroatoms. The Hall–Kier alpha value is -14.0. The first kappa shape index (κ1) is 112. The number of benzene rings is 7. The lowest BCUT2D eigenvalue weighted by molar-refractivity contribution is -0.384. The lowest BCUT2D eigenvalue weighted by atomic mass is 10.1. The van der Waals surface area contributed by atoms with Crippen molar-refractivity contribution in [3.05, 3.63) is 301 Å². The zero-order chi connectivity index (χ0) is 105. The highest BCUT2D eigenvalue weighted by atomic mass is 31.2. The van der Waals surface area contributed by atoms with Crippen LogP contribution in [0.4, 0.5) is 59.1 Å². The summed E-state index contributed by atoms with van der Waals surface area (Å²) in [5.74, 6) is -14.2. The van der Waals surface area contributed by atoms with Crippen molar-refractivity contribution in [3.8, 4) is 23.0 Å². The second kappa shape index (κ2) is 49.3. The van der Waals surface area contributed by atoms with Gasteiger partial charge in [-0.15, -0.1) is 0 Å². The molecule has 3 aromatic heterocycles. The van der Waals surface area contributed by atoms with Crippen molar-refractivity contribution in [2.24, 2.45) is 0 Å². The fraction of sp³-hybridized carbons (Fsp3) is 0.352. The minimum atomic E-state index is -4.59. The Balaban J connectivity index is 0.000000202. The summed E-state index contributed by atoms with van der Waals surface area (Å²) < 4.78 is 218. The molecule has 3 aliphatic heterocycles. The maximum Gasteiger partial charge on any atom is 0.513 e. The van der Waals surface area contributed by atoms with Gasteiger partial charge in [-0.2, -0.15) is 56.6 Å². The van der Waals surface area contributed by atoms with E-state index in [0.717, 1.165) is 47.9 Å². The topological polar surface area (TPSA) is 587 Å². The Bertz CT molecular complexity index is 6330. The summed E-state index contributed by atoms with van der Waals surface area (Å²) in [6, 6.07) is 55.3. The number of aliphatic hydroxyl groups excluding tert-OH is 2.